The van der Waals surface area contributed by atoms with E-state index in [2.05, 4.69) is 10.1 Å². The van der Waals surface area contributed by atoms with E-state index in [9.17, 15) is 22.0 Å². The summed E-state index contributed by atoms with van der Waals surface area (Å²) in [6, 6.07) is 6.35. The molecule has 3 heterocycles. The van der Waals surface area contributed by atoms with E-state index in [-0.39, 0.29) is 35.8 Å². The van der Waals surface area contributed by atoms with Crippen molar-refractivity contribution in [2.75, 3.05) is 26.2 Å². The van der Waals surface area contributed by atoms with E-state index in [1.807, 2.05) is 26.8 Å². The molecule has 0 saturated heterocycles. The zero-order valence-electron chi connectivity index (χ0n) is 18.5. The van der Waals surface area contributed by atoms with Crippen LogP contribution < -0.4 is 10.1 Å². The highest BCUT2D eigenvalue weighted by Gasteiger charge is 2.38. The van der Waals surface area contributed by atoms with Gasteiger partial charge in [-0.15, -0.1) is 0 Å². The zero-order valence-corrected chi connectivity index (χ0v) is 19.3. The number of amides is 2. The highest BCUT2D eigenvalue weighted by Crippen LogP contribution is 2.31. The number of furan rings is 1. The summed E-state index contributed by atoms with van der Waals surface area (Å²) >= 11 is 0. The fourth-order valence-electron chi connectivity index (χ4n) is 4.24. The van der Waals surface area contributed by atoms with Gasteiger partial charge in [0.1, 0.15) is 17.3 Å². The molecule has 2 aliphatic heterocycles. The van der Waals surface area contributed by atoms with Gasteiger partial charge in [0.05, 0.1) is 10.9 Å². The molecule has 4 rings (SSSR count). The lowest BCUT2D eigenvalue weighted by atomic mass is 10.1. The molecule has 0 saturated carbocycles. The van der Waals surface area contributed by atoms with Crippen LogP contribution in [0.3, 0.4) is 0 Å². The number of nitrogens with one attached hydrogen (secondary N) is 1. The first-order valence-corrected chi connectivity index (χ1v) is 11.9. The topological polar surface area (TPSA) is 92.1 Å². The number of ether oxygens (including phenoxy) is 1. The average Bonchev–Trinajstić information content (AvgIpc) is 3.40. The lowest BCUT2D eigenvalue weighted by molar-refractivity contribution is -0.0498. The van der Waals surface area contributed by atoms with Crippen LogP contribution >= 0.6 is 0 Å². The van der Waals surface area contributed by atoms with E-state index in [1.54, 1.807) is 4.90 Å². The second-order valence-corrected chi connectivity index (χ2v) is 10.2. The Balaban J connectivity index is 1.35. The van der Waals surface area contributed by atoms with Crippen LogP contribution in [0.5, 0.6) is 5.75 Å². The van der Waals surface area contributed by atoms with Gasteiger partial charge in [-0.3, -0.25) is 0 Å². The van der Waals surface area contributed by atoms with Crippen molar-refractivity contribution < 1.29 is 31.1 Å². The number of alkyl halides is 2. The van der Waals surface area contributed by atoms with Crippen molar-refractivity contribution in [1.29, 1.82) is 0 Å². The van der Waals surface area contributed by atoms with Crippen LogP contribution in [0.1, 0.15) is 30.0 Å². The molecule has 2 amide bonds. The predicted molar refractivity (Wildman–Crippen MR) is 116 cm³/mol. The van der Waals surface area contributed by atoms with E-state index < -0.39 is 16.6 Å². The molecule has 2 aromatic rings. The number of hydrogen-bond donors (Lipinski definition) is 1. The summed E-state index contributed by atoms with van der Waals surface area (Å²) in [7, 11) is -3.80. The number of hydrogen-bond acceptors (Lipinski definition) is 5. The minimum Gasteiger partial charge on any atom is -0.466 e. The van der Waals surface area contributed by atoms with Crippen LogP contribution in [0, 0.1) is 13.8 Å². The maximum Gasteiger partial charge on any atom is 0.387 e. The molecule has 11 heteroatoms. The number of aryl methyl sites for hydroxylation is 2. The van der Waals surface area contributed by atoms with Gasteiger partial charge in [0.25, 0.3) is 0 Å². The maximum atomic E-state index is 13.0. The van der Waals surface area contributed by atoms with Crippen LogP contribution in [0.2, 0.25) is 0 Å². The highest BCUT2D eigenvalue weighted by atomic mass is 32.2. The first-order chi connectivity index (χ1) is 15.5. The third-order valence-corrected chi connectivity index (χ3v) is 7.66. The molecule has 0 spiro atoms. The summed E-state index contributed by atoms with van der Waals surface area (Å²) in [6.07, 6.45) is 0. The van der Waals surface area contributed by atoms with Crippen molar-refractivity contribution in [1.82, 2.24) is 14.5 Å². The third-order valence-electron chi connectivity index (χ3n) is 5.86. The average molecular weight is 482 g/mol. The normalized spacial score (nSPS) is 17.6. The molecule has 0 radical (unpaired) electrons. The Bertz CT molecular complexity index is 1170. The van der Waals surface area contributed by atoms with E-state index in [0.717, 1.165) is 28.2 Å². The minimum atomic E-state index is -3.80. The van der Waals surface area contributed by atoms with Gasteiger partial charge in [0, 0.05) is 31.7 Å². The Morgan fingerprint density at radius 2 is 1.70 bits per heavy atom. The molecule has 178 valence electrons. The molecule has 1 aromatic carbocycles. The third kappa shape index (κ3) is 4.74. The molecule has 8 nitrogen and oxygen atoms in total. The zero-order chi connectivity index (χ0) is 23.9. The summed E-state index contributed by atoms with van der Waals surface area (Å²) in [4.78, 5) is 14.4. The molecule has 1 aromatic heterocycles. The summed E-state index contributed by atoms with van der Waals surface area (Å²) in [5.41, 5.74) is 2.71. The Labute approximate surface area is 190 Å². The van der Waals surface area contributed by atoms with Crippen LogP contribution in [0.25, 0.3) is 0 Å². The molecule has 1 atom stereocenters. The Morgan fingerprint density at radius 3 is 2.21 bits per heavy atom. The van der Waals surface area contributed by atoms with E-state index >= 15 is 0 Å². The molecule has 0 fully saturated rings. The van der Waals surface area contributed by atoms with Crippen molar-refractivity contribution in [3.8, 4) is 5.75 Å². The number of halogens is 2. The highest BCUT2D eigenvalue weighted by molar-refractivity contribution is 7.89. The van der Waals surface area contributed by atoms with Crippen LogP contribution in [0.4, 0.5) is 13.6 Å². The number of rotatable bonds is 6. The van der Waals surface area contributed by atoms with Crippen LogP contribution in [-0.4, -0.2) is 56.4 Å². The first-order valence-electron chi connectivity index (χ1n) is 10.4. The lowest BCUT2D eigenvalue weighted by Gasteiger charge is -2.24. The van der Waals surface area contributed by atoms with Gasteiger partial charge in [-0.2, -0.15) is 13.1 Å². The number of benzene rings is 1. The fourth-order valence-corrected chi connectivity index (χ4v) is 5.67. The second kappa shape index (κ2) is 8.79. The Morgan fingerprint density at radius 1 is 1.09 bits per heavy atom. The summed E-state index contributed by atoms with van der Waals surface area (Å²) in [5, 5.41) is 2.97. The van der Waals surface area contributed by atoms with E-state index in [1.165, 1.54) is 28.6 Å². The number of urea groups is 1. The summed E-state index contributed by atoms with van der Waals surface area (Å²) < 4.78 is 61.7. The van der Waals surface area contributed by atoms with Crippen molar-refractivity contribution >= 4 is 16.1 Å². The minimum absolute atomic E-state index is 0.000473. The van der Waals surface area contributed by atoms with Crippen molar-refractivity contribution in [2.45, 2.75) is 38.3 Å². The molecule has 1 unspecified atom stereocenters. The van der Waals surface area contributed by atoms with Crippen LogP contribution in [0.15, 0.2) is 50.8 Å². The van der Waals surface area contributed by atoms with E-state index in [4.69, 9.17) is 4.42 Å². The van der Waals surface area contributed by atoms with E-state index in [0.29, 0.717) is 13.1 Å². The summed E-state index contributed by atoms with van der Waals surface area (Å²) in [6.45, 7) is 3.69. The number of nitrogens with zero attached hydrogens (tertiary/aromatic N) is 2. The largest absolute Gasteiger partial charge is 0.466 e. The molecular formula is C22H25F2N3O5S. The van der Waals surface area contributed by atoms with Gasteiger partial charge in [-0.1, -0.05) is 0 Å². The fraction of sp³-hybridized carbons (Fsp3) is 0.409. The molecule has 0 aliphatic carbocycles. The standard InChI is InChI=1S/C22H25F2N3O5S/c1-13-8-20(15(3)31-13)14(2)25-22(28)26-9-16-11-27(12-17(16)10-26)33(29,30)19-6-4-18(5-7-19)32-21(23)24/h4-8,14,21H,9-12H2,1-3H3,(H,25,28). The van der Waals surface area contributed by atoms with Gasteiger partial charge < -0.3 is 19.4 Å². The molecule has 0 bridgehead atoms. The molecular weight excluding hydrogens is 456 g/mol. The monoisotopic (exact) mass is 481 g/mol. The molecule has 2 aliphatic rings. The first kappa shape index (κ1) is 23.2. The summed E-state index contributed by atoms with van der Waals surface area (Å²) in [5.74, 6) is 1.43. The Kier molecular flexibility index (Phi) is 6.19. The number of sulfonamides is 1. The lowest BCUT2D eigenvalue weighted by Crippen LogP contribution is -2.42. The van der Waals surface area contributed by atoms with Gasteiger partial charge in [0.2, 0.25) is 10.0 Å². The van der Waals surface area contributed by atoms with Crippen LogP contribution in [-0.2, 0) is 10.0 Å². The quantitative estimate of drug-likeness (QED) is 0.637. The second-order valence-electron chi connectivity index (χ2n) is 8.23. The van der Waals surface area contributed by atoms with Crippen molar-refractivity contribution in [2.24, 2.45) is 0 Å². The molecule has 33 heavy (non-hydrogen) atoms. The van der Waals surface area contributed by atoms with Gasteiger partial charge in [0.15, 0.2) is 0 Å². The van der Waals surface area contributed by atoms with Gasteiger partial charge in [-0.25, -0.2) is 13.2 Å². The maximum absolute atomic E-state index is 13.0. The number of carbonyl (C=O) groups is 1. The Hall–Kier alpha value is -2.92. The van der Waals surface area contributed by atoms with Crippen molar-refractivity contribution in [3.05, 3.63) is 58.6 Å². The van der Waals surface area contributed by atoms with Gasteiger partial charge in [-0.05, 0) is 62.2 Å². The molecule has 1 N–H and O–H groups in total. The number of carbonyl (C=O) groups excluding carboxylic acids is 1. The predicted octanol–water partition coefficient (Wildman–Crippen LogP) is 3.59. The smallest absolute Gasteiger partial charge is 0.387 e. The van der Waals surface area contributed by atoms with Crippen molar-refractivity contribution in [3.63, 3.8) is 0 Å². The SMILES string of the molecule is Cc1cc(C(C)NC(=O)N2CC3=C(C2)CN(S(=O)(=O)c2ccc(OC(F)F)cc2)C3)c(C)o1. The van der Waals surface area contributed by atoms with Gasteiger partial charge >= 0.3 is 12.6 Å².